The summed E-state index contributed by atoms with van der Waals surface area (Å²) in [5.41, 5.74) is 1.28. The Kier molecular flexibility index (Phi) is 6.53. The molecule has 2 amide bonds. The van der Waals surface area contributed by atoms with Gasteiger partial charge in [0.1, 0.15) is 11.0 Å². The van der Waals surface area contributed by atoms with Gasteiger partial charge in [-0.15, -0.1) is 6.58 Å². The van der Waals surface area contributed by atoms with Crippen molar-refractivity contribution in [3.05, 3.63) is 65.7 Å². The zero-order chi connectivity index (χ0) is 20.1. The van der Waals surface area contributed by atoms with E-state index in [9.17, 15) is 14.7 Å². The number of hydrogen-bond acceptors (Lipinski definition) is 5. The third-order valence-corrected chi connectivity index (χ3v) is 5.61. The van der Waals surface area contributed by atoms with Gasteiger partial charge < -0.3 is 10.4 Å². The molecule has 8 heteroatoms. The maximum absolute atomic E-state index is 12.7. The monoisotopic (exact) mass is 459 g/mol. The van der Waals surface area contributed by atoms with Crippen molar-refractivity contribution in [3.63, 3.8) is 0 Å². The number of amides is 2. The third kappa shape index (κ3) is 5.02. The predicted octanol–water partition coefficient (Wildman–Crippen LogP) is 4.30. The number of hydrogen-bond donors (Lipinski definition) is 2. The third-order valence-electron chi connectivity index (χ3n) is 3.90. The van der Waals surface area contributed by atoms with Crippen molar-refractivity contribution in [2.45, 2.75) is 11.7 Å². The Bertz CT molecular complexity index is 913. The van der Waals surface area contributed by atoms with Gasteiger partial charge in [-0.25, -0.2) is 4.99 Å². The van der Waals surface area contributed by atoms with Crippen LogP contribution < -0.4 is 5.32 Å². The Balaban J connectivity index is 1.72. The molecular formula is C20H18BrN3O3S. The number of halogens is 1. The zero-order valence-electron chi connectivity index (χ0n) is 14.8. The molecule has 1 aliphatic heterocycles. The van der Waals surface area contributed by atoms with Crippen molar-refractivity contribution < 1.29 is 14.7 Å². The van der Waals surface area contributed by atoms with Crippen molar-refractivity contribution in [3.8, 4) is 5.75 Å². The predicted molar refractivity (Wildman–Crippen MR) is 116 cm³/mol. The van der Waals surface area contributed by atoms with Crippen LogP contribution in [0.4, 0.5) is 11.4 Å². The van der Waals surface area contributed by atoms with Gasteiger partial charge in [0, 0.05) is 23.1 Å². The number of carbonyl (C=O) groups excluding carboxylic acids is 2. The molecule has 1 atom stereocenters. The first-order valence-electron chi connectivity index (χ1n) is 8.48. The minimum Gasteiger partial charge on any atom is -0.508 e. The Morgan fingerprint density at radius 1 is 1.25 bits per heavy atom. The van der Waals surface area contributed by atoms with Crippen LogP contribution in [0.3, 0.4) is 0 Å². The first-order chi connectivity index (χ1) is 13.5. The average Bonchev–Trinajstić information content (AvgIpc) is 2.94. The van der Waals surface area contributed by atoms with E-state index in [1.165, 1.54) is 28.8 Å². The molecule has 144 valence electrons. The molecule has 0 radical (unpaired) electrons. The molecule has 1 unspecified atom stereocenters. The standard InChI is InChI=1S/C20H18BrN3O3S/c1-2-11-24-19(27)17(12-18(26)22-14-5-3-13(21)4-6-14)28-20(24)23-15-7-9-16(25)10-8-15/h2-10,17,25H,1,11-12H2,(H,22,26). The highest BCUT2D eigenvalue weighted by Gasteiger charge is 2.38. The molecule has 0 spiro atoms. The van der Waals surface area contributed by atoms with Crippen molar-refractivity contribution in [1.82, 2.24) is 4.90 Å². The van der Waals surface area contributed by atoms with E-state index >= 15 is 0 Å². The van der Waals surface area contributed by atoms with Gasteiger partial charge in [0.15, 0.2) is 5.17 Å². The molecule has 0 aromatic heterocycles. The Morgan fingerprint density at radius 3 is 2.57 bits per heavy atom. The number of thioether (sulfide) groups is 1. The van der Waals surface area contributed by atoms with Gasteiger partial charge in [0.2, 0.25) is 11.8 Å². The smallest absolute Gasteiger partial charge is 0.242 e. The first-order valence-corrected chi connectivity index (χ1v) is 10.2. The highest BCUT2D eigenvalue weighted by Crippen LogP contribution is 2.32. The summed E-state index contributed by atoms with van der Waals surface area (Å²) in [6.45, 7) is 4.00. The zero-order valence-corrected chi connectivity index (χ0v) is 17.2. The summed E-state index contributed by atoms with van der Waals surface area (Å²) in [6, 6.07) is 13.6. The second kappa shape index (κ2) is 9.07. The number of benzene rings is 2. The molecular weight excluding hydrogens is 442 g/mol. The molecule has 6 nitrogen and oxygen atoms in total. The highest BCUT2D eigenvalue weighted by atomic mass is 79.9. The normalized spacial score (nSPS) is 17.8. The lowest BCUT2D eigenvalue weighted by atomic mass is 10.2. The molecule has 1 aliphatic rings. The van der Waals surface area contributed by atoms with Crippen LogP contribution in [-0.2, 0) is 9.59 Å². The number of nitrogens with zero attached hydrogens (tertiary/aromatic N) is 2. The van der Waals surface area contributed by atoms with E-state index in [4.69, 9.17) is 0 Å². The number of amidine groups is 1. The molecule has 1 fully saturated rings. The van der Waals surface area contributed by atoms with Gasteiger partial charge >= 0.3 is 0 Å². The van der Waals surface area contributed by atoms with Crippen LogP contribution in [0.25, 0.3) is 0 Å². The summed E-state index contributed by atoms with van der Waals surface area (Å²) in [5, 5.41) is 12.2. The average molecular weight is 460 g/mol. The molecule has 0 bridgehead atoms. The summed E-state index contributed by atoms with van der Waals surface area (Å²) in [5.74, 6) is -0.268. The maximum atomic E-state index is 12.7. The summed E-state index contributed by atoms with van der Waals surface area (Å²) >= 11 is 4.60. The summed E-state index contributed by atoms with van der Waals surface area (Å²) in [4.78, 5) is 31.1. The van der Waals surface area contributed by atoms with Crippen LogP contribution in [-0.4, -0.2) is 38.8 Å². The lowest BCUT2D eigenvalue weighted by Crippen LogP contribution is -2.33. The molecule has 0 saturated carbocycles. The van der Waals surface area contributed by atoms with Crippen LogP contribution in [0.1, 0.15) is 6.42 Å². The molecule has 1 heterocycles. The number of phenolic OH excluding ortho intramolecular Hbond substituents is 1. The fourth-order valence-electron chi connectivity index (χ4n) is 2.57. The lowest BCUT2D eigenvalue weighted by Gasteiger charge is -2.13. The van der Waals surface area contributed by atoms with E-state index in [2.05, 4.69) is 32.8 Å². The van der Waals surface area contributed by atoms with Gasteiger partial charge in [0.25, 0.3) is 0 Å². The van der Waals surface area contributed by atoms with Crippen LogP contribution in [0, 0.1) is 0 Å². The Morgan fingerprint density at radius 2 is 1.93 bits per heavy atom. The van der Waals surface area contributed by atoms with E-state index in [-0.39, 0.29) is 24.0 Å². The fraction of sp³-hybridized carbons (Fsp3) is 0.150. The molecule has 2 N–H and O–H groups in total. The number of anilines is 1. The van der Waals surface area contributed by atoms with Crippen molar-refractivity contribution >= 4 is 56.0 Å². The summed E-state index contributed by atoms with van der Waals surface area (Å²) in [6.07, 6.45) is 1.66. The topological polar surface area (TPSA) is 82.0 Å². The largest absolute Gasteiger partial charge is 0.508 e. The van der Waals surface area contributed by atoms with E-state index in [0.717, 1.165) is 4.47 Å². The number of phenols is 1. The van der Waals surface area contributed by atoms with Crippen molar-refractivity contribution in [2.75, 3.05) is 11.9 Å². The molecule has 2 aromatic rings. The molecule has 28 heavy (non-hydrogen) atoms. The number of carbonyl (C=O) groups is 2. The summed E-state index contributed by atoms with van der Waals surface area (Å²) < 4.78 is 0.919. The van der Waals surface area contributed by atoms with E-state index in [1.54, 1.807) is 30.3 Å². The number of aliphatic imine (C=N–C) groups is 1. The van der Waals surface area contributed by atoms with Gasteiger partial charge in [0.05, 0.1) is 5.69 Å². The van der Waals surface area contributed by atoms with Crippen LogP contribution in [0.15, 0.2) is 70.7 Å². The number of aromatic hydroxyl groups is 1. The second-order valence-corrected chi connectivity index (χ2v) is 8.10. The van der Waals surface area contributed by atoms with Gasteiger partial charge in [-0.2, -0.15) is 0 Å². The summed E-state index contributed by atoms with van der Waals surface area (Å²) in [7, 11) is 0. The van der Waals surface area contributed by atoms with Gasteiger partial charge in [-0.1, -0.05) is 33.8 Å². The highest BCUT2D eigenvalue weighted by molar-refractivity contribution is 9.10. The van der Waals surface area contributed by atoms with Crippen LogP contribution in [0.2, 0.25) is 0 Å². The van der Waals surface area contributed by atoms with Crippen LogP contribution in [0.5, 0.6) is 5.75 Å². The quantitative estimate of drug-likeness (QED) is 0.630. The molecule has 2 aromatic carbocycles. The number of nitrogens with one attached hydrogen (secondary N) is 1. The fourth-order valence-corrected chi connectivity index (χ4v) is 4.00. The SMILES string of the molecule is C=CCN1C(=O)C(CC(=O)Nc2ccc(Br)cc2)SC1=Nc1ccc(O)cc1. The van der Waals surface area contributed by atoms with Gasteiger partial charge in [-0.3, -0.25) is 14.5 Å². The Hall–Kier alpha value is -2.58. The minimum atomic E-state index is -0.550. The van der Waals surface area contributed by atoms with Crippen molar-refractivity contribution in [1.29, 1.82) is 0 Å². The minimum absolute atomic E-state index is 0.0435. The second-order valence-electron chi connectivity index (χ2n) is 6.01. The van der Waals surface area contributed by atoms with Gasteiger partial charge in [-0.05, 0) is 48.5 Å². The first kappa shape index (κ1) is 20.2. The van der Waals surface area contributed by atoms with E-state index in [1.807, 2.05) is 12.1 Å². The molecule has 3 rings (SSSR count). The number of rotatable bonds is 6. The maximum Gasteiger partial charge on any atom is 0.242 e. The molecule has 1 saturated heterocycles. The van der Waals surface area contributed by atoms with E-state index < -0.39 is 5.25 Å². The van der Waals surface area contributed by atoms with Crippen molar-refractivity contribution in [2.24, 2.45) is 4.99 Å². The Labute approximate surface area is 175 Å². The van der Waals surface area contributed by atoms with E-state index in [0.29, 0.717) is 23.1 Å². The molecule has 0 aliphatic carbocycles. The lowest BCUT2D eigenvalue weighted by molar-refractivity contribution is -0.127. The van der Waals surface area contributed by atoms with Crippen LogP contribution >= 0.6 is 27.7 Å².